The number of carbonyl (C=O) groups is 1. The van der Waals surface area contributed by atoms with Crippen molar-refractivity contribution in [3.63, 3.8) is 0 Å². The number of nitrogens with zero attached hydrogens (tertiary/aromatic N) is 2. The number of allylic oxidation sites excluding steroid dienone is 4. The number of fused-ring (bicyclic) bond motifs is 1. The number of carbonyl (C=O) groups excluding carboxylic acids is 1. The van der Waals surface area contributed by atoms with Crippen molar-refractivity contribution in [3.05, 3.63) is 47.7 Å². The number of rotatable bonds is 10. The van der Waals surface area contributed by atoms with Gasteiger partial charge in [0.05, 0.1) is 24.6 Å². The van der Waals surface area contributed by atoms with Gasteiger partial charge in [0.2, 0.25) is 0 Å². The molecule has 0 aliphatic carbocycles. The molecule has 3 saturated heterocycles. The topological polar surface area (TPSA) is 114 Å². The van der Waals surface area contributed by atoms with E-state index in [1.165, 1.54) is 13.0 Å². The lowest BCUT2D eigenvalue weighted by Gasteiger charge is -2.34. The molecule has 0 aromatic carbocycles. The maximum atomic E-state index is 13.8. The van der Waals surface area contributed by atoms with Crippen LogP contribution in [0.2, 0.25) is 0 Å². The Labute approximate surface area is 229 Å². The second-order valence-corrected chi connectivity index (χ2v) is 10.0. The molecule has 0 radical (unpaired) electrons. The molecule has 3 fully saturated rings. The first-order valence-electron chi connectivity index (χ1n) is 13.8. The van der Waals surface area contributed by atoms with E-state index in [0.717, 1.165) is 44.5 Å². The summed E-state index contributed by atoms with van der Waals surface area (Å²) in [6.07, 6.45) is 9.58. The summed E-state index contributed by atoms with van der Waals surface area (Å²) in [5.41, 5.74) is 2.36. The van der Waals surface area contributed by atoms with E-state index in [9.17, 15) is 14.3 Å². The largest absolute Gasteiger partial charge is 0.470 e. The molecule has 3 N–H and O–H groups in total. The Kier molecular flexibility index (Phi) is 10.4. The van der Waals surface area contributed by atoms with Gasteiger partial charge in [-0.2, -0.15) is 0 Å². The fraction of sp³-hybridized carbons (Fsp3) is 0.643. The van der Waals surface area contributed by atoms with E-state index < -0.39 is 12.3 Å². The van der Waals surface area contributed by atoms with Gasteiger partial charge in [-0.1, -0.05) is 19.1 Å². The summed E-state index contributed by atoms with van der Waals surface area (Å²) >= 11 is 0. The number of hydrogen-bond acceptors (Lipinski definition) is 9. The van der Waals surface area contributed by atoms with E-state index in [0.29, 0.717) is 30.4 Å². The minimum absolute atomic E-state index is 0.0555. The highest BCUT2D eigenvalue weighted by molar-refractivity contribution is 6.10. The predicted octanol–water partition coefficient (Wildman–Crippen LogP) is 2.72. The standard InChI is InChI=1S/C28H41FN4O6/c1-4-7-19(33-12-9-20(10-13-33)38-28(35)30-3)8-5-6-11-31-21-15-25(32-22(21)14-18(2)29)39-24-17-37-26-23(34)16-36-27(24)26/h5,7-8,14-15,18,20,23-24,26-27,32,34H,4,6,9-13,16-17H2,1-3H3,(H,30,35)/b8-5-,19-7+,22-14+,31-21-/t18?,23?,24?,26?,27-/m1/s1. The molecule has 4 aliphatic heterocycles. The van der Waals surface area contributed by atoms with E-state index in [1.54, 1.807) is 13.1 Å². The predicted molar refractivity (Wildman–Crippen MR) is 145 cm³/mol. The van der Waals surface area contributed by atoms with E-state index in [2.05, 4.69) is 45.7 Å². The number of aliphatic imine (C=N–C) groups is 1. The van der Waals surface area contributed by atoms with Crippen LogP contribution in [0.5, 0.6) is 0 Å². The molecule has 0 aromatic rings. The summed E-state index contributed by atoms with van der Waals surface area (Å²) in [6.45, 7) is 6.30. The van der Waals surface area contributed by atoms with Gasteiger partial charge < -0.3 is 39.6 Å². The molecule has 0 spiro atoms. The second-order valence-electron chi connectivity index (χ2n) is 10.0. The zero-order chi connectivity index (χ0) is 27.8. The van der Waals surface area contributed by atoms with Gasteiger partial charge in [0, 0.05) is 51.3 Å². The zero-order valence-electron chi connectivity index (χ0n) is 23.0. The normalized spacial score (nSPS) is 30.5. The summed E-state index contributed by atoms with van der Waals surface area (Å²) in [5, 5.41) is 15.6. The minimum Gasteiger partial charge on any atom is -0.470 e. The van der Waals surface area contributed by atoms with E-state index in [1.807, 2.05) is 0 Å². The van der Waals surface area contributed by atoms with Crippen molar-refractivity contribution >= 4 is 11.8 Å². The number of likely N-dealkylation sites (tertiary alicyclic amines) is 1. The number of halogens is 1. The van der Waals surface area contributed by atoms with E-state index in [-0.39, 0.29) is 37.1 Å². The molecule has 39 heavy (non-hydrogen) atoms. The van der Waals surface area contributed by atoms with Gasteiger partial charge in [-0.3, -0.25) is 4.99 Å². The minimum atomic E-state index is -1.15. The fourth-order valence-corrected chi connectivity index (χ4v) is 5.11. The molecule has 216 valence electrons. The third kappa shape index (κ3) is 7.83. The summed E-state index contributed by atoms with van der Waals surface area (Å²) in [4.78, 5) is 18.5. The lowest BCUT2D eigenvalue weighted by Crippen LogP contribution is -2.38. The number of alkyl halides is 1. The number of alkyl carbamates (subject to hydrolysis) is 1. The van der Waals surface area contributed by atoms with Crippen LogP contribution in [0, 0.1) is 0 Å². The maximum absolute atomic E-state index is 13.8. The van der Waals surface area contributed by atoms with E-state index >= 15 is 0 Å². The Morgan fingerprint density at radius 2 is 2.10 bits per heavy atom. The summed E-state index contributed by atoms with van der Waals surface area (Å²) in [6, 6.07) is 0. The van der Waals surface area contributed by atoms with Gasteiger partial charge in [-0.25, -0.2) is 9.18 Å². The van der Waals surface area contributed by atoms with Crippen molar-refractivity contribution in [1.82, 2.24) is 15.5 Å². The van der Waals surface area contributed by atoms with Gasteiger partial charge in [-0.15, -0.1) is 0 Å². The number of nitrogens with one attached hydrogen (secondary N) is 2. The fourth-order valence-electron chi connectivity index (χ4n) is 5.11. The smallest absolute Gasteiger partial charge is 0.407 e. The summed E-state index contributed by atoms with van der Waals surface area (Å²) in [7, 11) is 1.57. The highest BCUT2D eigenvalue weighted by Crippen LogP contribution is 2.30. The number of piperidine rings is 1. The molecule has 4 aliphatic rings. The molecule has 0 aromatic heterocycles. The Balaban J connectivity index is 1.30. The molecule has 10 nitrogen and oxygen atoms in total. The van der Waals surface area contributed by atoms with Crippen LogP contribution in [0.3, 0.4) is 0 Å². The molecule has 4 rings (SSSR count). The third-order valence-electron chi connectivity index (χ3n) is 7.02. The van der Waals surface area contributed by atoms with Gasteiger partial charge in [0.1, 0.15) is 30.6 Å². The molecular weight excluding hydrogens is 507 g/mol. The van der Waals surface area contributed by atoms with Crippen LogP contribution in [0.1, 0.15) is 39.5 Å². The van der Waals surface area contributed by atoms with Crippen LogP contribution in [0.15, 0.2) is 52.6 Å². The lowest BCUT2D eigenvalue weighted by molar-refractivity contribution is -0.0141. The van der Waals surface area contributed by atoms with Crippen LogP contribution in [0.4, 0.5) is 9.18 Å². The van der Waals surface area contributed by atoms with Crippen molar-refractivity contribution in [1.29, 1.82) is 0 Å². The Morgan fingerprint density at radius 3 is 2.82 bits per heavy atom. The molecule has 11 heteroatoms. The van der Waals surface area contributed by atoms with Crippen molar-refractivity contribution in [2.45, 2.75) is 76.2 Å². The Morgan fingerprint density at radius 1 is 1.33 bits per heavy atom. The number of aliphatic hydroxyl groups is 1. The first-order valence-corrected chi connectivity index (χ1v) is 13.8. The van der Waals surface area contributed by atoms with Crippen LogP contribution >= 0.6 is 0 Å². The Hall–Kier alpha value is -2.89. The number of aliphatic hydroxyl groups excluding tert-OH is 1. The van der Waals surface area contributed by atoms with Crippen LogP contribution in [-0.2, 0) is 18.9 Å². The molecule has 4 unspecified atom stereocenters. The number of amides is 1. The van der Waals surface area contributed by atoms with Crippen molar-refractivity contribution in [2.75, 3.05) is 39.9 Å². The van der Waals surface area contributed by atoms with Crippen LogP contribution in [-0.4, -0.2) is 98.4 Å². The summed E-state index contributed by atoms with van der Waals surface area (Å²) in [5.74, 6) is 0.465. The van der Waals surface area contributed by atoms with Gasteiger partial charge in [0.25, 0.3) is 0 Å². The van der Waals surface area contributed by atoms with Crippen LogP contribution in [0.25, 0.3) is 0 Å². The van der Waals surface area contributed by atoms with Crippen molar-refractivity contribution in [2.24, 2.45) is 4.99 Å². The van der Waals surface area contributed by atoms with Gasteiger partial charge in [-0.05, 0) is 31.9 Å². The maximum Gasteiger partial charge on any atom is 0.407 e. The summed E-state index contributed by atoms with van der Waals surface area (Å²) < 4.78 is 36.5. The molecule has 4 heterocycles. The molecule has 1 amide bonds. The average Bonchev–Trinajstić information content (AvgIpc) is 3.60. The molecular formula is C28H41FN4O6. The molecule has 5 atom stereocenters. The third-order valence-corrected chi connectivity index (χ3v) is 7.02. The van der Waals surface area contributed by atoms with Gasteiger partial charge in [0.15, 0.2) is 12.0 Å². The Bertz CT molecular complexity index is 1000. The number of ether oxygens (including phenoxy) is 4. The van der Waals surface area contributed by atoms with Crippen molar-refractivity contribution < 1.29 is 33.2 Å². The van der Waals surface area contributed by atoms with Crippen LogP contribution < -0.4 is 10.6 Å². The first-order chi connectivity index (χ1) is 18.9. The average molecular weight is 549 g/mol. The lowest BCUT2D eigenvalue weighted by atomic mass is 10.1. The first kappa shape index (κ1) is 29.1. The number of hydrogen-bond donors (Lipinski definition) is 3. The highest BCUT2D eigenvalue weighted by atomic mass is 19.1. The second kappa shape index (κ2) is 14.0. The quantitative estimate of drug-likeness (QED) is 0.282. The van der Waals surface area contributed by atoms with E-state index in [4.69, 9.17) is 18.9 Å². The van der Waals surface area contributed by atoms with Crippen molar-refractivity contribution in [3.8, 4) is 0 Å². The zero-order valence-corrected chi connectivity index (χ0v) is 23.0. The van der Waals surface area contributed by atoms with Gasteiger partial charge >= 0.3 is 6.09 Å². The molecule has 0 saturated carbocycles. The molecule has 0 bridgehead atoms. The SMILES string of the molecule is CC/C=C(\C=C/CC/N=C1/C=C(OC2COC3C(O)CO[C@H]23)N/C1=C/C(C)F)N1CCC(OC(=O)NC)CC1. The monoisotopic (exact) mass is 548 g/mol. The highest BCUT2D eigenvalue weighted by Gasteiger charge is 2.48.